The van der Waals surface area contributed by atoms with Crippen LogP contribution in [0.25, 0.3) is 0 Å². The molecule has 2 rings (SSSR count). The molecule has 1 heterocycles. The van der Waals surface area contributed by atoms with Gasteiger partial charge in [-0.1, -0.05) is 23.7 Å². The van der Waals surface area contributed by atoms with Gasteiger partial charge >= 0.3 is 0 Å². The summed E-state index contributed by atoms with van der Waals surface area (Å²) in [7, 11) is 1.81. The zero-order chi connectivity index (χ0) is 15.8. The summed E-state index contributed by atoms with van der Waals surface area (Å²) in [4.78, 5) is 15.1. The van der Waals surface area contributed by atoms with E-state index in [1.54, 1.807) is 28.4 Å². The number of nitrogens with zero attached hydrogens (tertiary/aromatic N) is 1. The summed E-state index contributed by atoms with van der Waals surface area (Å²) >= 11 is 7.63. The van der Waals surface area contributed by atoms with Crippen molar-refractivity contribution in [2.45, 2.75) is 19.3 Å². The highest BCUT2D eigenvalue weighted by Gasteiger charge is 2.08. The van der Waals surface area contributed by atoms with Crippen LogP contribution in [0.15, 0.2) is 41.8 Å². The Labute approximate surface area is 140 Å². The Bertz CT molecular complexity index is 586. The maximum atomic E-state index is 12.0. The van der Waals surface area contributed by atoms with Crippen LogP contribution >= 0.6 is 22.9 Å². The van der Waals surface area contributed by atoms with Crippen LogP contribution in [-0.2, 0) is 11.2 Å². The first-order valence-corrected chi connectivity index (χ1v) is 8.55. The quantitative estimate of drug-likeness (QED) is 0.720. The first-order chi connectivity index (χ1) is 10.6. The Balaban J connectivity index is 1.63. The molecule has 22 heavy (non-hydrogen) atoms. The standard InChI is InChI=1S/C17H20ClNO2S/c1-19(10-11-21-15-6-2-5-14(18)13-15)17(20)9-3-7-16-8-4-12-22-16/h2,4-6,8,12-13H,3,7,9-11H2,1H3. The smallest absolute Gasteiger partial charge is 0.222 e. The molecular formula is C17H20ClNO2S. The summed E-state index contributed by atoms with van der Waals surface area (Å²) in [6, 6.07) is 11.4. The Hall–Kier alpha value is -1.52. The fraction of sp³-hybridized carbons (Fsp3) is 0.353. The van der Waals surface area contributed by atoms with Gasteiger partial charge in [0.05, 0.1) is 6.54 Å². The molecule has 1 aromatic carbocycles. The molecule has 0 N–H and O–H groups in total. The first kappa shape index (κ1) is 16.8. The molecule has 118 valence electrons. The van der Waals surface area contributed by atoms with Crippen molar-refractivity contribution in [1.82, 2.24) is 4.90 Å². The number of ether oxygens (including phenoxy) is 1. The molecule has 0 bridgehead atoms. The molecule has 0 saturated carbocycles. The molecule has 0 fully saturated rings. The summed E-state index contributed by atoms with van der Waals surface area (Å²) in [5.74, 6) is 0.886. The number of carbonyl (C=O) groups excluding carboxylic acids is 1. The molecule has 0 aliphatic rings. The van der Waals surface area contributed by atoms with Gasteiger partial charge in [0.25, 0.3) is 0 Å². The Morgan fingerprint density at radius 1 is 1.32 bits per heavy atom. The molecule has 0 radical (unpaired) electrons. The molecular weight excluding hydrogens is 318 g/mol. The highest BCUT2D eigenvalue weighted by Crippen LogP contribution is 2.17. The summed E-state index contributed by atoms with van der Waals surface area (Å²) in [5, 5.41) is 2.71. The largest absolute Gasteiger partial charge is 0.492 e. The van der Waals surface area contributed by atoms with E-state index in [1.165, 1.54) is 4.88 Å². The van der Waals surface area contributed by atoms with Crippen molar-refractivity contribution < 1.29 is 9.53 Å². The van der Waals surface area contributed by atoms with Gasteiger partial charge in [-0.25, -0.2) is 0 Å². The van der Waals surface area contributed by atoms with Gasteiger partial charge < -0.3 is 9.64 Å². The van der Waals surface area contributed by atoms with Crippen molar-refractivity contribution in [1.29, 1.82) is 0 Å². The van der Waals surface area contributed by atoms with Crippen molar-refractivity contribution in [3.63, 3.8) is 0 Å². The van der Waals surface area contributed by atoms with Crippen LogP contribution in [0.4, 0.5) is 0 Å². The van der Waals surface area contributed by atoms with Gasteiger partial charge in [0.15, 0.2) is 0 Å². The lowest BCUT2D eigenvalue weighted by molar-refractivity contribution is -0.130. The second kappa shape index (κ2) is 8.81. The van der Waals surface area contributed by atoms with Crippen molar-refractivity contribution in [3.05, 3.63) is 51.7 Å². The minimum Gasteiger partial charge on any atom is -0.492 e. The molecule has 0 unspecified atom stereocenters. The number of hydrogen-bond donors (Lipinski definition) is 0. The predicted molar refractivity (Wildman–Crippen MR) is 91.8 cm³/mol. The zero-order valence-electron chi connectivity index (χ0n) is 12.6. The van der Waals surface area contributed by atoms with Gasteiger partial charge in [0.2, 0.25) is 5.91 Å². The van der Waals surface area contributed by atoms with E-state index in [0.29, 0.717) is 24.6 Å². The molecule has 0 atom stereocenters. The van der Waals surface area contributed by atoms with Crippen LogP contribution in [0.5, 0.6) is 5.75 Å². The van der Waals surface area contributed by atoms with E-state index in [1.807, 2.05) is 25.2 Å². The van der Waals surface area contributed by atoms with Crippen LogP contribution in [0.3, 0.4) is 0 Å². The number of carbonyl (C=O) groups is 1. The van der Waals surface area contributed by atoms with E-state index in [0.717, 1.165) is 18.6 Å². The van der Waals surface area contributed by atoms with Gasteiger partial charge in [-0.2, -0.15) is 0 Å². The zero-order valence-corrected chi connectivity index (χ0v) is 14.2. The van der Waals surface area contributed by atoms with Gasteiger partial charge in [-0.15, -0.1) is 11.3 Å². The molecule has 3 nitrogen and oxygen atoms in total. The SMILES string of the molecule is CN(CCOc1cccc(Cl)c1)C(=O)CCCc1cccs1. The number of rotatable bonds is 8. The maximum absolute atomic E-state index is 12.0. The fourth-order valence-electron chi connectivity index (χ4n) is 2.04. The monoisotopic (exact) mass is 337 g/mol. The summed E-state index contributed by atoms with van der Waals surface area (Å²) < 4.78 is 5.59. The topological polar surface area (TPSA) is 29.5 Å². The van der Waals surface area contributed by atoms with Crippen LogP contribution in [-0.4, -0.2) is 31.0 Å². The maximum Gasteiger partial charge on any atom is 0.222 e. The molecule has 1 amide bonds. The molecule has 0 aliphatic carbocycles. The lowest BCUT2D eigenvalue weighted by atomic mass is 10.2. The number of aryl methyl sites for hydroxylation is 1. The van der Waals surface area contributed by atoms with Crippen molar-refractivity contribution in [3.8, 4) is 5.75 Å². The minimum atomic E-state index is 0.159. The van der Waals surface area contributed by atoms with E-state index in [2.05, 4.69) is 11.4 Å². The minimum absolute atomic E-state index is 0.159. The highest BCUT2D eigenvalue weighted by molar-refractivity contribution is 7.09. The third kappa shape index (κ3) is 5.70. The van der Waals surface area contributed by atoms with Crippen LogP contribution in [0.2, 0.25) is 5.02 Å². The van der Waals surface area contributed by atoms with E-state index >= 15 is 0 Å². The van der Waals surface area contributed by atoms with Crippen molar-refractivity contribution >= 4 is 28.8 Å². The lowest BCUT2D eigenvalue weighted by Gasteiger charge is -2.17. The number of amides is 1. The van der Waals surface area contributed by atoms with Gasteiger partial charge in [-0.3, -0.25) is 4.79 Å². The highest BCUT2D eigenvalue weighted by atomic mass is 35.5. The van der Waals surface area contributed by atoms with Crippen LogP contribution < -0.4 is 4.74 Å². The van der Waals surface area contributed by atoms with Gasteiger partial charge in [-0.05, 0) is 42.5 Å². The van der Waals surface area contributed by atoms with E-state index in [9.17, 15) is 4.79 Å². The number of hydrogen-bond acceptors (Lipinski definition) is 3. The van der Waals surface area contributed by atoms with Crippen molar-refractivity contribution in [2.75, 3.05) is 20.2 Å². The molecule has 2 aromatic rings. The average Bonchev–Trinajstić information content (AvgIpc) is 3.00. The molecule has 0 saturated heterocycles. The normalized spacial score (nSPS) is 10.5. The van der Waals surface area contributed by atoms with Crippen LogP contribution in [0.1, 0.15) is 17.7 Å². The number of thiophene rings is 1. The second-order valence-corrected chi connectivity index (χ2v) is 6.52. The molecule has 5 heteroatoms. The molecule has 0 spiro atoms. The molecule has 0 aliphatic heterocycles. The summed E-state index contributed by atoms with van der Waals surface area (Å²) in [6.45, 7) is 1.04. The third-order valence-electron chi connectivity index (χ3n) is 3.31. The first-order valence-electron chi connectivity index (χ1n) is 7.30. The average molecular weight is 338 g/mol. The summed E-state index contributed by atoms with van der Waals surface area (Å²) in [6.07, 6.45) is 2.43. The Kier molecular flexibility index (Phi) is 6.74. The Morgan fingerprint density at radius 2 is 2.18 bits per heavy atom. The third-order valence-corrected chi connectivity index (χ3v) is 4.48. The Morgan fingerprint density at radius 3 is 2.91 bits per heavy atom. The fourth-order valence-corrected chi connectivity index (χ4v) is 2.97. The van der Waals surface area contributed by atoms with E-state index in [4.69, 9.17) is 16.3 Å². The van der Waals surface area contributed by atoms with Gasteiger partial charge in [0, 0.05) is 23.4 Å². The lowest BCUT2D eigenvalue weighted by Crippen LogP contribution is -2.30. The number of benzene rings is 1. The number of halogens is 1. The van der Waals surface area contributed by atoms with E-state index < -0.39 is 0 Å². The van der Waals surface area contributed by atoms with Gasteiger partial charge in [0.1, 0.15) is 12.4 Å². The van der Waals surface area contributed by atoms with E-state index in [-0.39, 0.29) is 5.91 Å². The predicted octanol–water partition coefficient (Wildman–Crippen LogP) is 4.26. The summed E-state index contributed by atoms with van der Waals surface area (Å²) in [5.41, 5.74) is 0. The van der Waals surface area contributed by atoms with Crippen molar-refractivity contribution in [2.24, 2.45) is 0 Å². The number of likely N-dealkylation sites (N-methyl/N-ethyl adjacent to an activating group) is 1. The second-order valence-electron chi connectivity index (χ2n) is 5.05. The van der Waals surface area contributed by atoms with Crippen LogP contribution in [0, 0.1) is 0 Å². The molecule has 1 aromatic heterocycles.